The minimum Gasteiger partial charge on any atom is -0.335 e. The molecule has 7 heteroatoms. The van der Waals surface area contributed by atoms with Crippen LogP contribution in [0, 0.1) is 5.82 Å². The standard InChI is InChI=1S/C24H26FN3O2S/c25-18-8-6-7-17(15-18)16-27-21-12-5-4-11-20(21)24(22(27)29)28(13-14-31-24)23(30)26-19-9-2-1-3-10-19/h4-8,11-12,15,19H,1-3,9-10,13-14,16H2,(H,26,30). The largest absolute Gasteiger partial charge is 0.335 e. The monoisotopic (exact) mass is 439 g/mol. The highest BCUT2D eigenvalue weighted by atomic mass is 32.2. The molecule has 1 saturated heterocycles. The van der Waals surface area contributed by atoms with Crippen LogP contribution in [-0.4, -0.2) is 35.2 Å². The lowest BCUT2D eigenvalue weighted by Gasteiger charge is -2.35. The van der Waals surface area contributed by atoms with Gasteiger partial charge in [0.2, 0.25) is 0 Å². The summed E-state index contributed by atoms with van der Waals surface area (Å²) in [6.45, 7) is 0.797. The highest BCUT2D eigenvalue weighted by molar-refractivity contribution is 8.01. The number of hydrogen-bond acceptors (Lipinski definition) is 3. The Balaban J connectivity index is 1.47. The molecule has 1 N–H and O–H groups in total. The van der Waals surface area contributed by atoms with Crippen molar-refractivity contribution >= 4 is 29.4 Å². The Morgan fingerprint density at radius 1 is 1.13 bits per heavy atom. The first-order valence-corrected chi connectivity index (χ1v) is 12.0. The molecule has 5 nitrogen and oxygen atoms in total. The molecule has 5 rings (SSSR count). The normalized spacial score (nSPS) is 23.5. The molecule has 2 aromatic carbocycles. The minimum absolute atomic E-state index is 0.126. The highest BCUT2D eigenvalue weighted by Crippen LogP contribution is 2.54. The van der Waals surface area contributed by atoms with Gasteiger partial charge in [-0.15, -0.1) is 11.8 Å². The number of amides is 3. The predicted molar refractivity (Wildman–Crippen MR) is 120 cm³/mol. The maximum absolute atomic E-state index is 13.9. The van der Waals surface area contributed by atoms with E-state index in [-0.39, 0.29) is 30.3 Å². The second kappa shape index (κ2) is 8.19. The molecule has 31 heavy (non-hydrogen) atoms. The fraction of sp³-hybridized carbons (Fsp3) is 0.417. The number of hydrogen-bond donors (Lipinski definition) is 1. The first-order valence-electron chi connectivity index (χ1n) is 11.0. The number of rotatable bonds is 3. The van der Waals surface area contributed by atoms with Gasteiger partial charge in [0.15, 0.2) is 4.87 Å². The quantitative estimate of drug-likeness (QED) is 0.760. The van der Waals surface area contributed by atoms with Crippen molar-refractivity contribution in [2.24, 2.45) is 0 Å². The van der Waals surface area contributed by atoms with Gasteiger partial charge >= 0.3 is 6.03 Å². The first-order chi connectivity index (χ1) is 15.1. The van der Waals surface area contributed by atoms with E-state index in [0.717, 1.165) is 42.5 Å². The fourth-order valence-electron chi connectivity index (χ4n) is 5.04. The van der Waals surface area contributed by atoms with Gasteiger partial charge < -0.3 is 10.2 Å². The molecule has 2 heterocycles. The molecule has 1 aliphatic carbocycles. The lowest BCUT2D eigenvalue weighted by molar-refractivity contribution is -0.123. The van der Waals surface area contributed by atoms with E-state index in [0.29, 0.717) is 12.3 Å². The molecule has 2 aliphatic heterocycles. The Hall–Kier alpha value is -2.54. The Labute approximate surface area is 186 Å². The fourth-order valence-corrected chi connectivity index (χ4v) is 6.50. The molecule has 2 fully saturated rings. The zero-order chi connectivity index (χ0) is 21.4. The maximum Gasteiger partial charge on any atom is 0.319 e. The van der Waals surface area contributed by atoms with Crippen LogP contribution in [0.4, 0.5) is 14.9 Å². The van der Waals surface area contributed by atoms with Crippen LogP contribution < -0.4 is 10.2 Å². The van der Waals surface area contributed by atoms with Crippen molar-refractivity contribution in [3.05, 3.63) is 65.5 Å². The summed E-state index contributed by atoms with van der Waals surface area (Å²) < 4.78 is 13.8. The van der Waals surface area contributed by atoms with Crippen LogP contribution in [0.3, 0.4) is 0 Å². The van der Waals surface area contributed by atoms with Crippen molar-refractivity contribution in [3.8, 4) is 0 Å². The van der Waals surface area contributed by atoms with Gasteiger partial charge in [0.05, 0.1) is 12.2 Å². The van der Waals surface area contributed by atoms with E-state index in [2.05, 4.69) is 5.32 Å². The van der Waals surface area contributed by atoms with E-state index in [1.807, 2.05) is 30.3 Å². The second-order valence-electron chi connectivity index (χ2n) is 8.47. The number of thioether (sulfide) groups is 1. The SMILES string of the molecule is O=C(NC1CCCCC1)N1CCSC12C(=O)N(Cc1cccc(F)c1)c1ccccc12. The number of carbonyl (C=O) groups excluding carboxylic acids is 2. The van der Waals surface area contributed by atoms with Crippen LogP contribution in [0.25, 0.3) is 0 Å². The molecule has 2 aromatic rings. The van der Waals surface area contributed by atoms with E-state index in [4.69, 9.17) is 0 Å². The van der Waals surface area contributed by atoms with Gasteiger partial charge in [0, 0.05) is 23.9 Å². The van der Waals surface area contributed by atoms with Crippen molar-refractivity contribution in [2.75, 3.05) is 17.2 Å². The smallest absolute Gasteiger partial charge is 0.319 e. The number of anilines is 1. The topological polar surface area (TPSA) is 52.7 Å². The number of carbonyl (C=O) groups is 2. The first kappa shape index (κ1) is 20.4. The van der Waals surface area contributed by atoms with Crippen molar-refractivity contribution in [2.45, 2.75) is 49.6 Å². The average Bonchev–Trinajstić information content (AvgIpc) is 3.32. The third-order valence-electron chi connectivity index (χ3n) is 6.51. The average molecular weight is 440 g/mol. The number of fused-ring (bicyclic) bond motifs is 2. The summed E-state index contributed by atoms with van der Waals surface area (Å²) in [6.07, 6.45) is 5.48. The Kier molecular flexibility index (Phi) is 5.38. The van der Waals surface area contributed by atoms with Crippen LogP contribution in [-0.2, 0) is 16.2 Å². The lowest BCUT2D eigenvalue weighted by atomic mass is 9.95. The summed E-state index contributed by atoms with van der Waals surface area (Å²) >= 11 is 1.52. The predicted octanol–water partition coefficient (Wildman–Crippen LogP) is 4.62. The van der Waals surface area contributed by atoms with Gasteiger partial charge in [-0.3, -0.25) is 9.69 Å². The van der Waals surface area contributed by atoms with Gasteiger partial charge in [-0.25, -0.2) is 9.18 Å². The molecule has 1 unspecified atom stereocenters. The van der Waals surface area contributed by atoms with Crippen molar-refractivity contribution < 1.29 is 14.0 Å². The molecule has 1 saturated carbocycles. The van der Waals surface area contributed by atoms with Crippen LogP contribution >= 0.6 is 11.8 Å². The molecule has 1 spiro atoms. The van der Waals surface area contributed by atoms with E-state index in [9.17, 15) is 14.0 Å². The van der Waals surface area contributed by atoms with Crippen molar-refractivity contribution in [1.29, 1.82) is 0 Å². The third-order valence-corrected chi connectivity index (χ3v) is 7.93. The van der Waals surface area contributed by atoms with E-state index >= 15 is 0 Å². The summed E-state index contributed by atoms with van der Waals surface area (Å²) in [5.41, 5.74) is 2.36. The van der Waals surface area contributed by atoms with Gasteiger partial charge in [-0.2, -0.15) is 0 Å². The van der Waals surface area contributed by atoms with E-state index in [1.54, 1.807) is 15.9 Å². The minimum atomic E-state index is -1.05. The number of para-hydroxylation sites is 1. The highest BCUT2D eigenvalue weighted by Gasteiger charge is 2.59. The van der Waals surface area contributed by atoms with Crippen molar-refractivity contribution in [3.63, 3.8) is 0 Å². The summed E-state index contributed by atoms with van der Waals surface area (Å²) in [7, 11) is 0. The number of benzene rings is 2. The van der Waals surface area contributed by atoms with E-state index in [1.165, 1.54) is 30.3 Å². The van der Waals surface area contributed by atoms with Crippen molar-refractivity contribution in [1.82, 2.24) is 10.2 Å². The van der Waals surface area contributed by atoms with Crippen LogP contribution in [0.5, 0.6) is 0 Å². The summed E-state index contributed by atoms with van der Waals surface area (Å²) in [4.78, 5) is 29.6. The number of urea groups is 1. The summed E-state index contributed by atoms with van der Waals surface area (Å²) in [5, 5.41) is 3.19. The molecule has 0 bridgehead atoms. The Bertz CT molecular complexity index is 1010. The third kappa shape index (κ3) is 3.49. The number of nitrogens with one attached hydrogen (secondary N) is 1. The molecule has 1 atom stereocenters. The summed E-state index contributed by atoms with van der Waals surface area (Å²) in [6, 6.07) is 14.0. The molecule has 162 valence electrons. The number of nitrogens with zero attached hydrogens (tertiary/aromatic N) is 2. The second-order valence-corrected chi connectivity index (χ2v) is 9.75. The van der Waals surface area contributed by atoms with Gasteiger partial charge in [0.25, 0.3) is 5.91 Å². The zero-order valence-electron chi connectivity index (χ0n) is 17.4. The molecular weight excluding hydrogens is 413 g/mol. The van der Waals surface area contributed by atoms with Crippen LogP contribution in [0.2, 0.25) is 0 Å². The van der Waals surface area contributed by atoms with E-state index < -0.39 is 4.87 Å². The molecule has 3 amide bonds. The molecule has 3 aliphatic rings. The summed E-state index contributed by atoms with van der Waals surface area (Å²) in [5.74, 6) is 0.251. The molecule has 0 radical (unpaired) electrons. The van der Waals surface area contributed by atoms with Crippen LogP contribution in [0.15, 0.2) is 48.5 Å². The lowest BCUT2D eigenvalue weighted by Crippen LogP contribution is -2.55. The molecule has 0 aromatic heterocycles. The van der Waals surface area contributed by atoms with Gasteiger partial charge in [-0.1, -0.05) is 49.6 Å². The Morgan fingerprint density at radius 3 is 2.74 bits per heavy atom. The zero-order valence-corrected chi connectivity index (χ0v) is 18.2. The van der Waals surface area contributed by atoms with Gasteiger partial charge in [0.1, 0.15) is 5.82 Å². The van der Waals surface area contributed by atoms with Gasteiger partial charge in [-0.05, 0) is 36.6 Å². The molecular formula is C24H26FN3O2S. The number of halogens is 1. The van der Waals surface area contributed by atoms with Crippen LogP contribution in [0.1, 0.15) is 43.2 Å². The Morgan fingerprint density at radius 2 is 1.94 bits per heavy atom. The maximum atomic E-state index is 13.9.